The molecule has 1 aliphatic heterocycles. The molecule has 2 fully saturated rings. The topological polar surface area (TPSA) is 69.7 Å². The molecule has 8 heteroatoms. The van der Waals surface area contributed by atoms with Crippen LogP contribution in [0.5, 0.6) is 0 Å². The molecular formula is C20H30FN3O3S. The predicted octanol–water partition coefficient (Wildman–Crippen LogP) is 2.22. The fraction of sp³-hybridized carbons (Fsp3) is 0.650. The molecule has 1 aromatic rings. The van der Waals surface area contributed by atoms with E-state index in [4.69, 9.17) is 0 Å². The molecule has 1 N–H and O–H groups in total. The molecule has 1 aliphatic carbocycles. The Morgan fingerprint density at radius 2 is 1.79 bits per heavy atom. The molecule has 0 aromatic heterocycles. The summed E-state index contributed by atoms with van der Waals surface area (Å²) in [6.07, 6.45) is 6.15. The number of carbonyl (C=O) groups excluding carboxylic acids is 1. The monoisotopic (exact) mass is 411 g/mol. The molecule has 0 radical (unpaired) electrons. The van der Waals surface area contributed by atoms with Gasteiger partial charge in [-0.15, -0.1) is 0 Å². The molecule has 0 bridgehead atoms. The maximum absolute atomic E-state index is 13.9. The lowest BCUT2D eigenvalue weighted by Gasteiger charge is -2.37. The first-order chi connectivity index (χ1) is 13.4. The minimum absolute atomic E-state index is 0.00372. The summed E-state index contributed by atoms with van der Waals surface area (Å²) in [5, 5.41) is 3.06. The van der Waals surface area contributed by atoms with Crippen LogP contribution in [-0.2, 0) is 14.8 Å². The third kappa shape index (κ3) is 4.90. The molecular weight excluding hydrogens is 381 g/mol. The Hall–Kier alpha value is -1.51. The van der Waals surface area contributed by atoms with E-state index >= 15 is 0 Å². The molecule has 1 atom stereocenters. The number of nitrogens with zero attached hydrogens (tertiary/aromatic N) is 2. The summed E-state index contributed by atoms with van der Waals surface area (Å²) >= 11 is 0. The molecule has 6 nitrogen and oxygen atoms in total. The zero-order chi connectivity index (χ0) is 20.1. The third-order valence-electron chi connectivity index (χ3n) is 5.94. The van der Waals surface area contributed by atoms with E-state index in [1.54, 1.807) is 0 Å². The van der Waals surface area contributed by atoms with Crippen molar-refractivity contribution in [1.82, 2.24) is 14.5 Å². The zero-order valence-corrected chi connectivity index (χ0v) is 17.3. The van der Waals surface area contributed by atoms with Gasteiger partial charge in [-0.3, -0.25) is 9.69 Å². The Balaban J connectivity index is 1.51. The van der Waals surface area contributed by atoms with E-state index in [1.807, 2.05) is 11.8 Å². The van der Waals surface area contributed by atoms with E-state index in [0.29, 0.717) is 19.0 Å². The largest absolute Gasteiger partial charge is 0.354 e. The van der Waals surface area contributed by atoms with Crippen LogP contribution in [0.4, 0.5) is 4.39 Å². The van der Waals surface area contributed by atoms with Crippen LogP contribution in [-0.4, -0.2) is 62.3 Å². The highest BCUT2D eigenvalue weighted by molar-refractivity contribution is 7.89. The van der Waals surface area contributed by atoms with Crippen molar-refractivity contribution in [3.05, 3.63) is 30.1 Å². The summed E-state index contributed by atoms with van der Waals surface area (Å²) in [6.45, 7) is 3.98. The maximum atomic E-state index is 13.9. The quantitative estimate of drug-likeness (QED) is 0.779. The number of piperazine rings is 1. The smallest absolute Gasteiger partial charge is 0.246 e. The van der Waals surface area contributed by atoms with Crippen molar-refractivity contribution >= 4 is 15.9 Å². The second kappa shape index (κ2) is 9.33. The van der Waals surface area contributed by atoms with Gasteiger partial charge in [0.25, 0.3) is 0 Å². The molecule has 0 unspecified atom stereocenters. The van der Waals surface area contributed by atoms with Crippen molar-refractivity contribution in [2.24, 2.45) is 5.92 Å². The van der Waals surface area contributed by atoms with E-state index in [2.05, 4.69) is 5.32 Å². The normalized spacial score (nSPS) is 21.4. The van der Waals surface area contributed by atoms with Crippen LogP contribution in [0.25, 0.3) is 0 Å². The van der Waals surface area contributed by atoms with Gasteiger partial charge in [0, 0.05) is 32.7 Å². The van der Waals surface area contributed by atoms with Crippen molar-refractivity contribution < 1.29 is 17.6 Å². The van der Waals surface area contributed by atoms with E-state index < -0.39 is 15.8 Å². The first-order valence-corrected chi connectivity index (χ1v) is 11.6. The van der Waals surface area contributed by atoms with Gasteiger partial charge in [0.1, 0.15) is 10.7 Å². The summed E-state index contributed by atoms with van der Waals surface area (Å²) in [5.41, 5.74) is 0. The summed E-state index contributed by atoms with van der Waals surface area (Å²) in [7, 11) is -3.86. The number of carbonyl (C=O) groups is 1. The molecule has 1 heterocycles. The number of hydrogen-bond acceptors (Lipinski definition) is 4. The van der Waals surface area contributed by atoms with Gasteiger partial charge in [0.2, 0.25) is 15.9 Å². The summed E-state index contributed by atoms with van der Waals surface area (Å²) in [4.78, 5) is 14.2. The summed E-state index contributed by atoms with van der Waals surface area (Å²) < 4.78 is 40.6. The van der Waals surface area contributed by atoms with E-state index in [0.717, 1.165) is 12.6 Å². The zero-order valence-electron chi connectivity index (χ0n) is 16.4. The highest BCUT2D eigenvalue weighted by Gasteiger charge is 2.33. The first kappa shape index (κ1) is 21.2. The fourth-order valence-corrected chi connectivity index (χ4v) is 5.56. The van der Waals surface area contributed by atoms with Crippen molar-refractivity contribution in [2.75, 3.05) is 32.7 Å². The van der Waals surface area contributed by atoms with Crippen LogP contribution < -0.4 is 5.32 Å². The highest BCUT2D eigenvalue weighted by Crippen LogP contribution is 2.23. The van der Waals surface area contributed by atoms with E-state index in [1.165, 1.54) is 54.6 Å². The van der Waals surface area contributed by atoms with Crippen LogP contribution in [0.3, 0.4) is 0 Å². The van der Waals surface area contributed by atoms with Crippen LogP contribution >= 0.6 is 0 Å². The first-order valence-electron chi connectivity index (χ1n) is 10.2. The Bertz CT molecular complexity index is 773. The second-order valence-corrected chi connectivity index (χ2v) is 9.70. The van der Waals surface area contributed by atoms with Crippen LogP contribution in [0, 0.1) is 11.7 Å². The number of amides is 1. The molecule has 1 saturated carbocycles. The molecule has 28 heavy (non-hydrogen) atoms. The van der Waals surface area contributed by atoms with Crippen LogP contribution in [0.15, 0.2) is 29.2 Å². The molecule has 156 valence electrons. The Morgan fingerprint density at radius 1 is 1.14 bits per heavy atom. The average molecular weight is 412 g/mol. The number of rotatable bonds is 6. The SMILES string of the molecule is C[C@@H](C(=O)NCC1CCCCC1)N1CCN(S(=O)(=O)c2ccccc2F)CC1. The standard InChI is InChI=1S/C20H30FN3O3S/c1-16(20(25)22-15-17-7-3-2-4-8-17)23-11-13-24(14-12-23)28(26,27)19-10-6-5-9-18(19)21/h5-6,9-10,16-17H,2-4,7-8,11-15H2,1H3,(H,22,25)/t16-/m0/s1. The summed E-state index contributed by atoms with van der Waals surface area (Å²) in [6, 6.07) is 5.13. The van der Waals surface area contributed by atoms with Gasteiger partial charge < -0.3 is 5.32 Å². The Kier molecular flexibility index (Phi) is 7.06. The van der Waals surface area contributed by atoms with Crippen molar-refractivity contribution in [3.8, 4) is 0 Å². The molecule has 1 amide bonds. The molecule has 2 aliphatic rings. The van der Waals surface area contributed by atoms with Gasteiger partial charge >= 0.3 is 0 Å². The molecule has 1 aromatic carbocycles. The number of sulfonamides is 1. The van der Waals surface area contributed by atoms with Gasteiger partial charge in [0.05, 0.1) is 6.04 Å². The Labute approximate surface area is 167 Å². The average Bonchev–Trinajstić information content (AvgIpc) is 2.72. The van der Waals surface area contributed by atoms with Gasteiger partial charge in [-0.25, -0.2) is 12.8 Å². The minimum Gasteiger partial charge on any atom is -0.354 e. The summed E-state index contributed by atoms with van der Waals surface area (Å²) in [5.74, 6) is -0.163. The van der Waals surface area contributed by atoms with Crippen molar-refractivity contribution in [1.29, 1.82) is 0 Å². The minimum atomic E-state index is -3.86. The lowest BCUT2D eigenvalue weighted by Crippen LogP contribution is -2.55. The second-order valence-electron chi connectivity index (χ2n) is 7.80. The lowest BCUT2D eigenvalue weighted by atomic mass is 9.89. The molecule has 3 rings (SSSR count). The maximum Gasteiger partial charge on any atom is 0.246 e. The highest BCUT2D eigenvalue weighted by atomic mass is 32.2. The third-order valence-corrected chi connectivity index (χ3v) is 7.88. The van der Waals surface area contributed by atoms with Gasteiger partial charge in [-0.05, 0) is 37.8 Å². The van der Waals surface area contributed by atoms with Crippen molar-refractivity contribution in [2.45, 2.75) is 50.0 Å². The number of halogens is 1. The van der Waals surface area contributed by atoms with Gasteiger partial charge in [0.15, 0.2) is 0 Å². The number of benzene rings is 1. The molecule has 1 saturated heterocycles. The van der Waals surface area contributed by atoms with Gasteiger partial charge in [-0.2, -0.15) is 4.31 Å². The van der Waals surface area contributed by atoms with E-state index in [-0.39, 0.29) is 29.9 Å². The van der Waals surface area contributed by atoms with Gasteiger partial charge in [-0.1, -0.05) is 31.4 Å². The Morgan fingerprint density at radius 3 is 2.43 bits per heavy atom. The lowest BCUT2D eigenvalue weighted by molar-refractivity contribution is -0.126. The van der Waals surface area contributed by atoms with Crippen LogP contribution in [0.2, 0.25) is 0 Å². The molecule has 0 spiro atoms. The van der Waals surface area contributed by atoms with E-state index in [9.17, 15) is 17.6 Å². The predicted molar refractivity (Wildman–Crippen MR) is 106 cm³/mol. The fourth-order valence-electron chi connectivity index (χ4n) is 4.07. The van der Waals surface area contributed by atoms with Crippen molar-refractivity contribution in [3.63, 3.8) is 0 Å². The van der Waals surface area contributed by atoms with Crippen LogP contribution in [0.1, 0.15) is 39.0 Å². The number of nitrogens with one attached hydrogen (secondary N) is 1. The number of hydrogen-bond donors (Lipinski definition) is 1.